The highest BCUT2D eigenvalue weighted by Gasteiger charge is 2.38. The normalized spacial score (nSPS) is 29.9. The molecule has 60 valence electrons. The van der Waals surface area contributed by atoms with Crippen molar-refractivity contribution < 1.29 is 13.6 Å². The molecule has 0 aromatic rings. The maximum atomic E-state index is 10.7. The SMILES string of the molecule is O=P1(Cl)OCC(Cl)(Cl)CO1. The van der Waals surface area contributed by atoms with Crippen molar-refractivity contribution in [2.75, 3.05) is 13.2 Å². The van der Waals surface area contributed by atoms with E-state index in [0.29, 0.717) is 0 Å². The van der Waals surface area contributed by atoms with Crippen LogP contribution in [0.2, 0.25) is 0 Å². The van der Waals surface area contributed by atoms with Crippen molar-refractivity contribution in [3.05, 3.63) is 0 Å². The van der Waals surface area contributed by atoms with Crippen LogP contribution in [0.4, 0.5) is 0 Å². The van der Waals surface area contributed by atoms with E-state index in [1.807, 2.05) is 0 Å². The molecule has 1 heterocycles. The summed E-state index contributed by atoms with van der Waals surface area (Å²) in [6.45, 7) is -3.51. The van der Waals surface area contributed by atoms with Gasteiger partial charge in [0, 0.05) is 11.2 Å². The molecular weight excluding hydrogens is 221 g/mol. The Kier molecular flexibility index (Phi) is 2.56. The maximum absolute atomic E-state index is 10.7. The van der Waals surface area contributed by atoms with E-state index in [2.05, 4.69) is 9.05 Å². The first-order valence-corrected chi connectivity index (χ1v) is 5.58. The van der Waals surface area contributed by atoms with Crippen molar-refractivity contribution in [2.45, 2.75) is 4.33 Å². The van der Waals surface area contributed by atoms with Crippen LogP contribution in [0.15, 0.2) is 0 Å². The van der Waals surface area contributed by atoms with Crippen molar-refractivity contribution in [1.29, 1.82) is 0 Å². The predicted octanol–water partition coefficient (Wildman–Crippen LogP) is 2.55. The zero-order valence-electron chi connectivity index (χ0n) is 4.72. The maximum Gasteiger partial charge on any atom is 0.424 e. The Labute approximate surface area is 72.9 Å². The highest BCUT2D eigenvalue weighted by molar-refractivity contribution is 7.81. The zero-order valence-corrected chi connectivity index (χ0v) is 7.88. The van der Waals surface area contributed by atoms with E-state index in [-0.39, 0.29) is 13.2 Å². The summed E-state index contributed by atoms with van der Waals surface area (Å²) >= 11 is 16.3. The van der Waals surface area contributed by atoms with Gasteiger partial charge in [-0.25, -0.2) is 4.57 Å². The van der Waals surface area contributed by atoms with Gasteiger partial charge in [0.1, 0.15) is 0 Å². The lowest BCUT2D eigenvalue weighted by molar-refractivity contribution is 0.149. The Morgan fingerprint density at radius 3 is 2.00 bits per heavy atom. The van der Waals surface area contributed by atoms with E-state index in [1.165, 1.54) is 0 Å². The molecular formula is C3H4Cl3O3P. The van der Waals surface area contributed by atoms with E-state index in [0.717, 1.165) is 0 Å². The number of alkyl halides is 2. The fourth-order valence-corrected chi connectivity index (χ4v) is 2.06. The lowest BCUT2D eigenvalue weighted by Crippen LogP contribution is -2.30. The van der Waals surface area contributed by atoms with Gasteiger partial charge in [-0.05, 0) is 0 Å². The van der Waals surface area contributed by atoms with Gasteiger partial charge in [0.05, 0.1) is 13.2 Å². The molecule has 1 aliphatic heterocycles. The molecule has 1 rings (SSSR count). The molecule has 0 aromatic carbocycles. The first kappa shape index (κ1) is 9.11. The molecule has 1 saturated heterocycles. The first-order valence-electron chi connectivity index (χ1n) is 2.38. The van der Waals surface area contributed by atoms with Crippen LogP contribution in [0.3, 0.4) is 0 Å². The third-order valence-electron chi connectivity index (χ3n) is 0.860. The van der Waals surface area contributed by atoms with Gasteiger partial charge in [-0.15, -0.1) is 0 Å². The smallest absolute Gasteiger partial charge is 0.294 e. The fourth-order valence-electron chi connectivity index (χ4n) is 0.422. The van der Waals surface area contributed by atoms with Crippen LogP contribution in [0, 0.1) is 0 Å². The van der Waals surface area contributed by atoms with Crippen LogP contribution in [-0.4, -0.2) is 17.5 Å². The summed E-state index contributed by atoms with van der Waals surface area (Å²) in [5.74, 6) is 0. The summed E-state index contributed by atoms with van der Waals surface area (Å²) in [4.78, 5) is 0. The average molecular weight is 225 g/mol. The molecule has 7 heteroatoms. The molecule has 0 aromatic heterocycles. The van der Waals surface area contributed by atoms with Gasteiger partial charge in [-0.3, -0.25) is 9.05 Å². The quantitative estimate of drug-likeness (QED) is 0.469. The van der Waals surface area contributed by atoms with Crippen LogP contribution in [0.25, 0.3) is 0 Å². The number of hydrogen-bond donors (Lipinski definition) is 0. The van der Waals surface area contributed by atoms with Gasteiger partial charge in [-0.1, -0.05) is 23.2 Å². The van der Waals surface area contributed by atoms with E-state index in [1.54, 1.807) is 0 Å². The van der Waals surface area contributed by atoms with E-state index in [4.69, 9.17) is 34.4 Å². The molecule has 0 N–H and O–H groups in total. The molecule has 3 nitrogen and oxygen atoms in total. The molecule has 0 aliphatic carbocycles. The topological polar surface area (TPSA) is 35.5 Å². The Hall–Kier alpha value is 1.02. The van der Waals surface area contributed by atoms with Crippen LogP contribution < -0.4 is 0 Å². The molecule has 0 atom stereocenters. The van der Waals surface area contributed by atoms with E-state index >= 15 is 0 Å². The minimum Gasteiger partial charge on any atom is -0.294 e. The highest BCUT2D eigenvalue weighted by Crippen LogP contribution is 2.58. The van der Waals surface area contributed by atoms with E-state index < -0.39 is 11.3 Å². The third-order valence-corrected chi connectivity index (χ3v) is 2.76. The molecule has 10 heavy (non-hydrogen) atoms. The molecule has 1 fully saturated rings. The van der Waals surface area contributed by atoms with Crippen molar-refractivity contribution in [3.63, 3.8) is 0 Å². The van der Waals surface area contributed by atoms with Crippen LogP contribution in [0.5, 0.6) is 0 Å². The number of hydrogen-bond acceptors (Lipinski definition) is 3. The van der Waals surface area contributed by atoms with Crippen LogP contribution in [-0.2, 0) is 13.6 Å². The van der Waals surface area contributed by atoms with Crippen molar-refractivity contribution in [1.82, 2.24) is 0 Å². The second-order valence-corrected chi connectivity index (χ2v) is 6.09. The summed E-state index contributed by atoms with van der Waals surface area (Å²) in [5.41, 5.74) is 0. The molecule has 0 unspecified atom stereocenters. The summed E-state index contributed by atoms with van der Waals surface area (Å²) in [6.07, 6.45) is 0. The van der Waals surface area contributed by atoms with Crippen molar-refractivity contribution in [2.24, 2.45) is 0 Å². The Morgan fingerprint density at radius 2 is 1.70 bits per heavy atom. The van der Waals surface area contributed by atoms with E-state index in [9.17, 15) is 4.57 Å². The minimum atomic E-state index is -3.36. The molecule has 0 radical (unpaired) electrons. The molecule has 0 spiro atoms. The Morgan fingerprint density at radius 1 is 1.30 bits per heavy atom. The summed E-state index contributed by atoms with van der Waals surface area (Å²) in [7, 11) is 0. The van der Waals surface area contributed by atoms with Crippen LogP contribution in [0.1, 0.15) is 0 Å². The fraction of sp³-hybridized carbons (Fsp3) is 1.00. The number of rotatable bonds is 0. The standard InChI is InChI=1S/C3H4Cl3O3P/c4-3(5)1-8-10(6,7)9-2-3/h1-2H2. The summed E-state index contributed by atoms with van der Waals surface area (Å²) in [5, 5.41) is 0. The van der Waals surface area contributed by atoms with Gasteiger partial charge >= 0.3 is 6.95 Å². The van der Waals surface area contributed by atoms with Crippen LogP contribution >= 0.6 is 41.4 Å². The Bertz CT molecular complexity index is 168. The van der Waals surface area contributed by atoms with Gasteiger partial charge in [0.2, 0.25) is 0 Å². The average Bonchev–Trinajstić information content (AvgIpc) is 1.79. The molecule has 1 aliphatic rings. The molecule has 0 amide bonds. The first-order chi connectivity index (χ1) is 4.41. The van der Waals surface area contributed by atoms with Gasteiger partial charge in [0.25, 0.3) is 0 Å². The number of halogens is 3. The minimum absolute atomic E-state index is 0.0725. The lowest BCUT2D eigenvalue weighted by atomic mass is 10.5. The lowest BCUT2D eigenvalue weighted by Gasteiger charge is -2.26. The predicted molar refractivity (Wildman–Crippen MR) is 39.8 cm³/mol. The second-order valence-electron chi connectivity index (χ2n) is 1.83. The largest absolute Gasteiger partial charge is 0.424 e. The van der Waals surface area contributed by atoms with Crippen molar-refractivity contribution >= 4 is 41.4 Å². The van der Waals surface area contributed by atoms with Gasteiger partial charge in [-0.2, -0.15) is 0 Å². The Balaban J connectivity index is 2.54. The second kappa shape index (κ2) is 2.81. The van der Waals surface area contributed by atoms with Gasteiger partial charge in [0.15, 0.2) is 4.33 Å². The third kappa shape index (κ3) is 2.57. The monoisotopic (exact) mass is 224 g/mol. The summed E-state index contributed by atoms with van der Waals surface area (Å²) in [6, 6.07) is 0. The van der Waals surface area contributed by atoms with Crippen molar-refractivity contribution in [3.8, 4) is 0 Å². The molecule has 0 bridgehead atoms. The molecule has 0 saturated carbocycles. The van der Waals surface area contributed by atoms with Gasteiger partial charge < -0.3 is 0 Å². The zero-order chi connectivity index (χ0) is 7.83. The highest BCUT2D eigenvalue weighted by atomic mass is 35.7. The summed E-state index contributed by atoms with van der Waals surface area (Å²) < 4.78 is 18.6.